The molecule has 0 spiro atoms. The number of rotatable bonds is 4. The zero-order chi connectivity index (χ0) is 13.1. The lowest BCUT2D eigenvalue weighted by molar-refractivity contribution is -0.115. The second-order valence-electron chi connectivity index (χ2n) is 3.69. The molecule has 0 amide bonds. The molecule has 0 saturated carbocycles. The molecule has 0 unspecified atom stereocenters. The first kappa shape index (κ1) is 13.5. The van der Waals surface area contributed by atoms with Crippen LogP contribution in [0.25, 0.3) is 0 Å². The van der Waals surface area contributed by atoms with Crippen molar-refractivity contribution in [3.05, 3.63) is 24.3 Å². The van der Waals surface area contributed by atoms with E-state index in [2.05, 4.69) is 4.99 Å². The molecule has 1 rings (SSSR count). The number of aliphatic imine (C=N–C) groups is 1. The Bertz CT molecular complexity index is 543. The van der Waals surface area contributed by atoms with Crippen molar-refractivity contribution in [2.75, 3.05) is 0 Å². The van der Waals surface area contributed by atoms with Crippen LogP contribution < -0.4 is 0 Å². The van der Waals surface area contributed by atoms with Gasteiger partial charge in [0.2, 0.25) is 0 Å². The quantitative estimate of drug-likeness (QED) is 0.658. The molecule has 0 radical (unpaired) electrons. The van der Waals surface area contributed by atoms with Gasteiger partial charge in [0.25, 0.3) is 10.1 Å². The van der Waals surface area contributed by atoms with Gasteiger partial charge in [0.15, 0.2) is 0 Å². The highest BCUT2D eigenvalue weighted by molar-refractivity contribution is 7.85. The lowest BCUT2D eigenvalue weighted by Gasteiger charge is -2.00. The molecule has 5 nitrogen and oxygen atoms in total. The molecule has 0 fully saturated rings. The van der Waals surface area contributed by atoms with Gasteiger partial charge in [-0.25, -0.2) is 0 Å². The SMILES string of the molecule is CC(=O)CC(C)=Nc1ccc(S(=O)(=O)O)cc1. The van der Waals surface area contributed by atoms with Crippen LogP contribution in [0, 0.1) is 0 Å². The minimum absolute atomic E-state index is 0.0146. The van der Waals surface area contributed by atoms with Gasteiger partial charge in [-0.05, 0) is 38.1 Å². The van der Waals surface area contributed by atoms with Crippen LogP contribution in [0.15, 0.2) is 34.2 Å². The molecule has 1 N–H and O–H groups in total. The highest BCUT2D eigenvalue weighted by Gasteiger charge is 2.08. The number of carbonyl (C=O) groups excluding carboxylic acids is 1. The fraction of sp³-hybridized carbons (Fsp3) is 0.273. The number of ketones is 1. The lowest BCUT2D eigenvalue weighted by Crippen LogP contribution is -1.99. The van der Waals surface area contributed by atoms with Crippen molar-refractivity contribution in [1.82, 2.24) is 0 Å². The minimum Gasteiger partial charge on any atom is -0.300 e. The van der Waals surface area contributed by atoms with E-state index in [0.717, 1.165) is 0 Å². The van der Waals surface area contributed by atoms with Gasteiger partial charge in [0, 0.05) is 12.1 Å². The average molecular weight is 255 g/mol. The summed E-state index contributed by atoms with van der Waals surface area (Å²) in [6.07, 6.45) is 0.264. The molecule has 0 bridgehead atoms. The summed E-state index contributed by atoms with van der Waals surface area (Å²) >= 11 is 0. The van der Waals surface area contributed by atoms with Crippen LogP contribution in [-0.2, 0) is 14.9 Å². The standard InChI is InChI=1S/C11H13NO4S/c1-8(7-9(2)13)12-10-3-5-11(6-4-10)17(14,15)16/h3-6H,7H2,1-2H3,(H,14,15,16). The van der Waals surface area contributed by atoms with E-state index in [1.807, 2.05) is 0 Å². The summed E-state index contributed by atoms with van der Waals surface area (Å²) < 4.78 is 30.3. The van der Waals surface area contributed by atoms with Gasteiger partial charge >= 0.3 is 0 Å². The molecule has 1 aromatic carbocycles. The Labute approximate surface area is 99.9 Å². The number of hydrogen-bond donors (Lipinski definition) is 1. The summed E-state index contributed by atoms with van der Waals surface area (Å²) in [6.45, 7) is 3.19. The van der Waals surface area contributed by atoms with E-state index in [1.165, 1.54) is 31.2 Å². The highest BCUT2D eigenvalue weighted by Crippen LogP contribution is 2.16. The van der Waals surface area contributed by atoms with Crippen LogP contribution in [0.4, 0.5) is 5.69 Å². The van der Waals surface area contributed by atoms with Crippen LogP contribution in [-0.4, -0.2) is 24.5 Å². The molecule has 0 aromatic heterocycles. The molecule has 1 aromatic rings. The number of carbonyl (C=O) groups is 1. The highest BCUT2D eigenvalue weighted by atomic mass is 32.2. The van der Waals surface area contributed by atoms with Crippen LogP contribution in [0.1, 0.15) is 20.3 Å². The van der Waals surface area contributed by atoms with E-state index >= 15 is 0 Å². The molecule has 0 heterocycles. The summed E-state index contributed by atoms with van der Waals surface area (Å²) in [5, 5.41) is 0. The predicted molar refractivity (Wildman–Crippen MR) is 64.3 cm³/mol. The van der Waals surface area contributed by atoms with Gasteiger partial charge in [-0.1, -0.05) is 0 Å². The molecule has 17 heavy (non-hydrogen) atoms. The summed E-state index contributed by atoms with van der Waals surface area (Å²) in [5.74, 6) is 0.0146. The second kappa shape index (κ2) is 5.20. The van der Waals surface area contributed by atoms with Crippen LogP contribution in [0.3, 0.4) is 0 Å². The predicted octanol–water partition coefficient (Wildman–Crippen LogP) is 2.00. The third-order valence-corrected chi connectivity index (χ3v) is 2.83. The Balaban J connectivity index is 2.93. The molecule has 6 heteroatoms. The second-order valence-corrected chi connectivity index (χ2v) is 5.12. The van der Waals surface area contributed by atoms with Crippen molar-refractivity contribution in [2.24, 2.45) is 4.99 Å². The Hall–Kier alpha value is -1.53. The zero-order valence-electron chi connectivity index (χ0n) is 9.54. The van der Waals surface area contributed by atoms with Gasteiger partial charge in [-0.15, -0.1) is 0 Å². The maximum atomic E-state index is 10.8. The third-order valence-electron chi connectivity index (χ3n) is 1.96. The van der Waals surface area contributed by atoms with Crippen molar-refractivity contribution >= 4 is 27.3 Å². The van der Waals surface area contributed by atoms with Crippen LogP contribution in [0.5, 0.6) is 0 Å². The van der Waals surface area contributed by atoms with Crippen LogP contribution >= 0.6 is 0 Å². The minimum atomic E-state index is -4.17. The van der Waals surface area contributed by atoms with Gasteiger partial charge in [-0.2, -0.15) is 8.42 Å². The molecule has 0 atom stereocenters. The molecule has 92 valence electrons. The van der Waals surface area contributed by atoms with E-state index in [4.69, 9.17) is 4.55 Å². The van der Waals surface area contributed by atoms with Crippen molar-refractivity contribution in [1.29, 1.82) is 0 Å². The normalized spacial score (nSPS) is 12.5. The fourth-order valence-corrected chi connectivity index (χ4v) is 1.79. The molecular weight excluding hydrogens is 242 g/mol. The maximum absolute atomic E-state index is 10.8. The molecule has 0 aliphatic rings. The average Bonchev–Trinajstić information content (AvgIpc) is 2.15. The Kier molecular flexibility index (Phi) is 4.14. The first-order valence-electron chi connectivity index (χ1n) is 4.90. The Morgan fingerprint density at radius 2 is 1.76 bits per heavy atom. The number of Topliss-reactive ketones (excluding diaryl/α,β-unsaturated/α-hetero) is 1. The number of benzene rings is 1. The largest absolute Gasteiger partial charge is 0.300 e. The number of nitrogens with zero attached hydrogens (tertiary/aromatic N) is 1. The summed E-state index contributed by atoms with van der Waals surface area (Å²) in [5.41, 5.74) is 1.19. The van der Waals surface area contributed by atoms with Crippen molar-refractivity contribution < 1.29 is 17.8 Å². The smallest absolute Gasteiger partial charge is 0.294 e. The van der Waals surface area contributed by atoms with Gasteiger partial charge in [-0.3, -0.25) is 14.3 Å². The Morgan fingerprint density at radius 1 is 1.24 bits per heavy atom. The van der Waals surface area contributed by atoms with E-state index < -0.39 is 10.1 Å². The van der Waals surface area contributed by atoms with Gasteiger partial charge in [0.05, 0.1) is 10.6 Å². The summed E-state index contributed by atoms with van der Waals surface area (Å²) in [4.78, 5) is 14.8. The Morgan fingerprint density at radius 3 is 2.18 bits per heavy atom. The van der Waals surface area contributed by atoms with E-state index in [1.54, 1.807) is 6.92 Å². The summed E-state index contributed by atoms with van der Waals surface area (Å²) in [6, 6.07) is 5.45. The van der Waals surface area contributed by atoms with E-state index in [9.17, 15) is 13.2 Å². The van der Waals surface area contributed by atoms with Gasteiger partial charge < -0.3 is 0 Å². The monoisotopic (exact) mass is 255 g/mol. The van der Waals surface area contributed by atoms with E-state index in [-0.39, 0.29) is 17.1 Å². The van der Waals surface area contributed by atoms with Gasteiger partial charge in [0.1, 0.15) is 5.78 Å². The first-order chi connectivity index (χ1) is 7.79. The first-order valence-corrected chi connectivity index (χ1v) is 6.34. The summed E-state index contributed by atoms with van der Waals surface area (Å²) in [7, 11) is -4.17. The third kappa shape index (κ3) is 4.46. The molecular formula is C11H13NO4S. The lowest BCUT2D eigenvalue weighted by atomic mass is 10.2. The maximum Gasteiger partial charge on any atom is 0.294 e. The van der Waals surface area contributed by atoms with Crippen molar-refractivity contribution in [3.63, 3.8) is 0 Å². The van der Waals surface area contributed by atoms with Crippen LogP contribution in [0.2, 0.25) is 0 Å². The van der Waals surface area contributed by atoms with Crippen molar-refractivity contribution in [2.45, 2.75) is 25.2 Å². The molecule has 0 saturated heterocycles. The van der Waals surface area contributed by atoms with E-state index in [0.29, 0.717) is 11.4 Å². The zero-order valence-corrected chi connectivity index (χ0v) is 10.4. The fourth-order valence-electron chi connectivity index (χ4n) is 1.31. The number of hydrogen-bond acceptors (Lipinski definition) is 4. The molecule has 0 aliphatic heterocycles. The van der Waals surface area contributed by atoms with Crippen molar-refractivity contribution in [3.8, 4) is 0 Å². The molecule has 0 aliphatic carbocycles. The topological polar surface area (TPSA) is 83.8 Å².